The minimum absolute atomic E-state index is 0.0228. The van der Waals surface area contributed by atoms with Crippen LogP contribution in [0.2, 0.25) is 0 Å². The van der Waals surface area contributed by atoms with E-state index in [4.69, 9.17) is 0 Å². The molecule has 0 aromatic heterocycles. The fraction of sp³-hybridized carbons (Fsp3) is 0.467. The first-order valence-corrected chi connectivity index (χ1v) is 6.95. The minimum Gasteiger partial charge on any atom is -0.342 e. The lowest BCUT2D eigenvalue weighted by Crippen LogP contribution is -2.44. The summed E-state index contributed by atoms with van der Waals surface area (Å²) < 4.78 is 0. The van der Waals surface area contributed by atoms with Crippen LogP contribution in [0.25, 0.3) is 0 Å². The van der Waals surface area contributed by atoms with E-state index in [2.05, 4.69) is 10.6 Å². The second kappa shape index (κ2) is 8.19. The molecule has 0 saturated heterocycles. The molecule has 110 valence electrons. The van der Waals surface area contributed by atoms with Crippen LogP contribution in [0.5, 0.6) is 0 Å². The molecule has 1 atom stereocenters. The molecule has 1 aromatic carbocycles. The Kier molecular flexibility index (Phi) is 6.56. The van der Waals surface area contributed by atoms with Crippen LogP contribution in [-0.2, 0) is 4.79 Å². The number of hydrogen-bond donors (Lipinski definition) is 2. The van der Waals surface area contributed by atoms with Gasteiger partial charge in [-0.05, 0) is 26.3 Å². The van der Waals surface area contributed by atoms with E-state index >= 15 is 0 Å². The molecule has 0 aliphatic rings. The van der Waals surface area contributed by atoms with Crippen molar-refractivity contribution < 1.29 is 9.59 Å². The highest BCUT2D eigenvalue weighted by atomic mass is 16.2. The fourth-order valence-electron chi connectivity index (χ4n) is 1.92. The van der Waals surface area contributed by atoms with Crippen molar-refractivity contribution in [2.75, 3.05) is 19.6 Å². The normalized spacial score (nSPS) is 11.6. The van der Waals surface area contributed by atoms with Crippen LogP contribution in [0.15, 0.2) is 30.3 Å². The van der Waals surface area contributed by atoms with Crippen molar-refractivity contribution in [3.8, 4) is 0 Å². The van der Waals surface area contributed by atoms with E-state index in [0.717, 1.165) is 5.56 Å². The Morgan fingerprint density at radius 2 is 1.75 bits per heavy atom. The highest BCUT2D eigenvalue weighted by Crippen LogP contribution is 2.10. The Morgan fingerprint density at radius 3 is 2.30 bits per heavy atom. The second-order valence-electron chi connectivity index (χ2n) is 4.53. The van der Waals surface area contributed by atoms with Crippen molar-refractivity contribution in [3.05, 3.63) is 35.9 Å². The number of nitrogens with zero attached hydrogens (tertiary/aromatic N) is 1. The van der Waals surface area contributed by atoms with E-state index in [1.807, 2.05) is 51.1 Å². The first kappa shape index (κ1) is 16.0. The molecule has 0 bridgehead atoms. The first-order valence-electron chi connectivity index (χ1n) is 6.95. The van der Waals surface area contributed by atoms with Gasteiger partial charge in [0.15, 0.2) is 0 Å². The summed E-state index contributed by atoms with van der Waals surface area (Å²) in [6, 6.07) is 9.25. The lowest BCUT2D eigenvalue weighted by atomic mass is 10.1. The topological polar surface area (TPSA) is 61.4 Å². The zero-order valence-electron chi connectivity index (χ0n) is 12.3. The van der Waals surface area contributed by atoms with Gasteiger partial charge in [0.2, 0.25) is 5.91 Å². The van der Waals surface area contributed by atoms with Crippen molar-refractivity contribution in [2.24, 2.45) is 0 Å². The molecule has 0 aliphatic heterocycles. The van der Waals surface area contributed by atoms with E-state index in [9.17, 15) is 9.59 Å². The Balaban J connectivity index is 2.39. The Hall–Kier alpha value is -2.04. The zero-order valence-corrected chi connectivity index (χ0v) is 12.3. The number of benzene rings is 1. The lowest BCUT2D eigenvalue weighted by molar-refractivity contribution is -0.129. The van der Waals surface area contributed by atoms with E-state index in [1.165, 1.54) is 0 Å². The van der Waals surface area contributed by atoms with Crippen LogP contribution < -0.4 is 10.6 Å². The summed E-state index contributed by atoms with van der Waals surface area (Å²) in [4.78, 5) is 25.2. The summed E-state index contributed by atoms with van der Waals surface area (Å²) in [5.74, 6) is -0.0717. The maximum Gasteiger partial charge on any atom is 0.315 e. The van der Waals surface area contributed by atoms with Crippen LogP contribution in [0.4, 0.5) is 4.79 Å². The third-order valence-electron chi connectivity index (χ3n) is 3.16. The number of hydrogen-bond acceptors (Lipinski definition) is 2. The van der Waals surface area contributed by atoms with Gasteiger partial charge in [0.05, 0.1) is 12.6 Å². The SMILES string of the molecule is CCN(CC)C(=O)CNC(=O)NC(C)c1ccccc1. The average Bonchev–Trinajstić information content (AvgIpc) is 2.47. The molecule has 3 amide bonds. The Bertz CT molecular complexity index is 430. The van der Waals surface area contributed by atoms with Gasteiger partial charge in [-0.15, -0.1) is 0 Å². The molecule has 5 nitrogen and oxygen atoms in total. The maximum atomic E-state index is 11.7. The van der Waals surface area contributed by atoms with Crippen LogP contribution in [-0.4, -0.2) is 36.5 Å². The van der Waals surface area contributed by atoms with E-state index < -0.39 is 0 Å². The number of carbonyl (C=O) groups excluding carboxylic acids is 2. The van der Waals surface area contributed by atoms with Crippen molar-refractivity contribution >= 4 is 11.9 Å². The van der Waals surface area contributed by atoms with Gasteiger partial charge < -0.3 is 15.5 Å². The maximum absolute atomic E-state index is 11.7. The molecule has 1 aromatic rings. The van der Waals surface area contributed by atoms with Crippen LogP contribution in [0.1, 0.15) is 32.4 Å². The monoisotopic (exact) mass is 277 g/mol. The van der Waals surface area contributed by atoms with Gasteiger partial charge in [0, 0.05) is 13.1 Å². The molecular formula is C15H23N3O2. The molecular weight excluding hydrogens is 254 g/mol. The van der Waals surface area contributed by atoms with E-state index in [1.54, 1.807) is 4.90 Å². The number of urea groups is 1. The molecule has 1 unspecified atom stereocenters. The van der Waals surface area contributed by atoms with Crippen molar-refractivity contribution in [2.45, 2.75) is 26.8 Å². The standard InChI is InChI=1S/C15H23N3O2/c1-4-18(5-2)14(19)11-16-15(20)17-12(3)13-9-7-6-8-10-13/h6-10,12H,4-5,11H2,1-3H3,(H2,16,17,20). The third-order valence-corrected chi connectivity index (χ3v) is 3.16. The largest absolute Gasteiger partial charge is 0.342 e. The molecule has 0 radical (unpaired) electrons. The summed E-state index contributed by atoms with van der Waals surface area (Å²) in [5, 5.41) is 5.40. The van der Waals surface area contributed by atoms with Crippen LogP contribution in [0.3, 0.4) is 0 Å². The molecule has 0 heterocycles. The minimum atomic E-state index is -0.332. The smallest absolute Gasteiger partial charge is 0.315 e. The summed E-state index contributed by atoms with van der Waals surface area (Å²) in [6.45, 7) is 7.06. The number of amides is 3. The van der Waals surface area contributed by atoms with Crippen molar-refractivity contribution in [1.82, 2.24) is 15.5 Å². The Labute approximate surface area is 120 Å². The van der Waals surface area contributed by atoms with Gasteiger partial charge in [0.1, 0.15) is 0 Å². The zero-order chi connectivity index (χ0) is 15.0. The van der Waals surface area contributed by atoms with Crippen LogP contribution in [0, 0.1) is 0 Å². The number of nitrogens with one attached hydrogen (secondary N) is 2. The molecule has 20 heavy (non-hydrogen) atoms. The van der Waals surface area contributed by atoms with Crippen LogP contribution >= 0.6 is 0 Å². The van der Waals surface area contributed by atoms with Gasteiger partial charge in [0.25, 0.3) is 0 Å². The lowest BCUT2D eigenvalue weighted by Gasteiger charge is -2.19. The highest BCUT2D eigenvalue weighted by Gasteiger charge is 2.12. The molecule has 0 spiro atoms. The summed E-state index contributed by atoms with van der Waals surface area (Å²) in [6.07, 6.45) is 0. The Morgan fingerprint density at radius 1 is 1.15 bits per heavy atom. The van der Waals surface area contributed by atoms with Crippen molar-refractivity contribution in [1.29, 1.82) is 0 Å². The predicted molar refractivity (Wildman–Crippen MR) is 79.3 cm³/mol. The van der Waals surface area contributed by atoms with Gasteiger partial charge in [-0.2, -0.15) is 0 Å². The van der Waals surface area contributed by atoms with E-state index in [-0.39, 0.29) is 24.5 Å². The van der Waals surface area contributed by atoms with Gasteiger partial charge in [-0.3, -0.25) is 4.79 Å². The molecule has 0 saturated carbocycles. The van der Waals surface area contributed by atoms with Gasteiger partial charge >= 0.3 is 6.03 Å². The molecule has 0 fully saturated rings. The predicted octanol–water partition coefficient (Wildman–Crippen LogP) is 1.92. The third kappa shape index (κ3) is 4.91. The quantitative estimate of drug-likeness (QED) is 0.834. The summed E-state index contributed by atoms with van der Waals surface area (Å²) >= 11 is 0. The molecule has 2 N–H and O–H groups in total. The van der Waals surface area contributed by atoms with Gasteiger partial charge in [-0.1, -0.05) is 30.3 Å². The molecule has 0 aliphatic carbocycles. The molecule has 5 heteroatoms. The van der Waals surface area contributed by atoms with Crippen molar-refractivity contribution in [3.63, 3.8) is 0 Å². The highest BCUT2D eigenvalue weighted by molar-refractivity contribution is 5.84. The number of likely N-dealkylation sites (N-methyl/N-ethyl adjacent to an activating group) is 1. The van der Waals surface area contributed by atoms with E-state index in [0.29, 0.717) is 13.1 Å². The second-order valence-corrected chi connectivity index (χ2v) is 4.53. The number of carbonyl (C=O) groups is 2. The average molecular weight is 277 g/mol. The molecule has 1 rings (SSSR count). The summed E-state index contributed by atoms with van der Waals surface area (Å²) in [5.41, 5.74) is 1.03. The fourth-order valence-corrected chi connectivity index (χ4v) is 1.92. The first-order chi connectivity index (χ1) is 9.58. The number of rotatable bonds is 6. The summed E-state index contributed by atoms with van der Waals surface area (Å²) in [7, 11) is 0. The van der Waals surface area contributed by atoms with Gasteiger partial charge in [-0.25, -0.2) is 4.79 Å².